The molecule has 1 aliphatic heterocycles. The molecular formula is C13H17NO4. The molecule has 1 aliphatic rings. The molecule has 5 heteroatoms. The van der Waals surface area contributed by atoms with Crippen LogP contribution < -0.4 is 14.8 Å². The molecule has 1 heterocycles. The van der Waals surface area contributed by atoms with Crippen LogP contribution in [0, 0.1) is 0 Å². The SMILES string of the molecule is COc1ccc(OC)c(C2CCC(C(=O)O)N2)c1. The Morgan fingerprint density at radius 2 is 2.11 bits per heavy atom. The smallest absolute Gasteiger partial charge is 0.320 e. The van der Waals surface area contributed by atoms with Gasteiger partial charge >= 0.3 is 5.97 Å². The highest BCUT2D eigenvalue weighted by molar-refractivity contribution is 5.74. The van der Waals surface area contributed by atoms with Gasteiger partial charge in [-0.2, -0.15) is 0 Å². The molecular weight excluding hydrogens is 234 g/mol. The summed E-state index contributed by atoms with van der Waals surface area (Å²) in [4.78, 5) is 10.9. The van der Waals surface area contributed by atoms with Crippen molar-refractivity contribution in [3.63, 3.8) is 0 Å². The molecule has 1 aromatic rings. The van der Waals surface area contributed by atoms with Gasteiger partial charge < -0.3 is 14.6 Å². The van der Waals surface area contributed by atoms with Crippen molar-refractivity contribution in [3.05, 3.63) is 23.8 Å². The summed E-state index contributed by atoms with van der Waals surface area (Å²) in [7, 11) is 3.21. The monoisotopic (exact) mass is 251 g/mol. The summed E-state index contributed by atoms with van der Waals surface area (Å²) in [6.07, 6.45) is 1.40. The number of benzene rings is 1. The molecule has 0 aromatic heterocycles. The Balaban J connectivity index is 2.24. The zero-order chi connectivity index (χ0) is 13.1. The summed E-state index contributed by atoms with van der Waals surface area (Å²) in [5.74, 6) is 0.685. The topological polar surface area (TPSA) is 67.8 Å². The van der Waals surface area contributed by atoms with E-state index in [1.807, 2.05) is 18.2 Å². The van der Waals surface area contributed by atoms with Gasteiger partial charge in [-0.25, -0.2) is 0 Å². The first-order chi connectivity index (χ1) is 8.65. The van der Waals surface area contributed by atoms with Crippen molar-refractivity contribution in [1.82, 2.24) is 5.32 Å². The first kappa shape index (κ1) is 12.7. The molecule has 1 aromatic carbocycles. The molecule has 1 fully saturated rings. The van der Waals surface area contributed by atoms with Crippen molar-refractivity contribution in [2.75, 3.05) is 14.2 Å². The van der Waals surface area contributed by atoms with Crippen LogP contribution in [-0.2, 0) is 4.79 Å². The molecule has 0 amide bonds. The highest BCUT2D eigenvalue weighted by Crippen LogP contribution is 2.35. The van der Waals surface area contributed by atoms with Crippen LogP contribution in [0.3, 0.4) is 0 Å². The number of rotatable bonds is 4. The number of hydrogen-bond acceptors (Lipinski definition) is 4. The van der Waals surface area contributed by atoms with Gasteiger partial charge in [-0.15, -0.1) is 0 Å². The molecule has 0 radical (unpaired) electrons. The predicted molar refractivity (Wildman–Crippen MR) is 66.1 cm³/mol. The Hall–Kier alpha value is -1.75. The predicted octanol–water partition coefficient (Wildman–Crippen LogP) is 1.58. The quantitative estimate of drug-likeness (QED) is 0.850. The summed E-state index contributed by atoms with van der Waals surface area (Å²) in [5.41, 5.74) is 0.945. The molecule has 0 aliphatic carbocycles. The molecule has 5 nitrogen and oxygen atoms in total. The lowest BCUT2D eigenvalue weighted by Crippen LogP contribution is -2.31. The minimum Gasteiger partial charge on any atom is -0.497 e. The third-order valence-electron chi connectivity index (χ3n) is 3.26. The van der Waals surface area contributed by atoms with Crippen molar-refractivity contribution < 1.29 is 19.4 Å². The Labute approximate surface area is 106 Å². The largest absolute Gasteiger partial charge is 0.497 e. The molecule has 1 saturated heterocycles. The maximum absolute atomic E-state index is 10.9. The minimum absolute atomic E-state index is 0.00356. The minimum atomic E-state index is -0.806. The summed E-state index contributed by atoms with van der Waals surface area (Å²) in [5, 5.41) is 12.1. The van der Waals surface area contributed by atoms with Gasteiger partial charge in [0.2, 0.25) is 0 Å². The average Bonchev–Trinajstić information content (AvgIpc) is 2.87. The number of ether oxygens (including phenoxy) is 2. The lowest BCUT2D eigenvalue weighted by molar-refractivity contribution is -0.139. The standard InChI is InChI=1S/C13H17NO4/c1-17-8-3-6-12(18-2)9(7-8)10-4-5-11(14-10)13(15)16/h3,6-7,10-11,14H,4-5H2,1-2H3,(H,15,16). The van der Waals surface area contributed by atoms with E-state index in [4.69, 9.17) is 14.6 Å². The van der Waals surface area contributed by atoms with E-state index < -0.39 is 12.0 Å². The van der Waals surface area contributed by atoms with Gasteiger partial charge in [0.25, 0.3) is 0 Å². The number of nitrogens with one attached hydrogen (secondary N) is 1. The van der Waals surface area contributed by atoms with E-state index in [0.29, 0.717) is 6.42 Å². The van der Waals surface area contributed by atoms with Crippen LogP contribution in [0.2, 0.25) is 0 Å². The van der Waals surface area contributed by atoms with Crippen molar-refractivity contribution in [1.29, 1.82) is 0 Å². The number of hydrogen-bond donors (Lipinski definition) is 2. The van der Waals surface area contributed by atoms with Gasteiger partial charge in [0.05, 0.1) is 14.2 Å². The van der Waals surface area contributed by atoms with E-state index in [1.54, 1.807) is 14.2 Å². The fraction of sp³-hybridized carbons (Fsp3) is 0.462. The molecule has 2 atom stereocenters. The fourth-order valence-electron chi connectivity index (χ4n) is 2.29. The van der Waals surface area contributed by atoms with Gasteiger partial charge in [0, 0.05) is 11.6 Å². The van der Waals surface area contributed by atoms with Gasteiger partial charge in [0.1, 0.15) is 17.5 Å². The van der Waals surface area contributed by atoms with Crippen molar-refractivity contribution in [2.24, 2.45) is 0 Å². The second kappa shape index (κ2) is 5.27. The second-order valence-corrected chi connectivity index (χ2v) is 4.30. The maximum atomic E-state index is 10.9. The molecule has 0 spiro atoms. The third-order valence-corrected chi connectivity index (χ3v) is 3.26. The van der Waals surface area contributed by atoms with Gasteiger partial charge in [-0.05, 0) is 31.0 Å². The molecule has 0 saturated carbocycles. The van der Waals surface area contributed by atoms with Crippen LogP contribution in [0.5, 0.6) is 11.5 Å². The van der Waals surface area contributed by atoms with Crippen molar-refractivity contribution in [2.45, 2.75) is 24.9 Å². The van der Waals surface area contributed by atoms with Crippen LogP contribution in [0.4, 0.5) is 0 Å². The van der Waals surface area contributed by atoms with Crippen LogP contribution >= 0.6 is 0 Å². The zero-order valence-corrected chi connectivity index (χ0v) is 10.5. The fourth-order valence-corrected chi connectivity index (χ4v) is 2.29. The van der Waals surface area contributed by atoms with E-state index in [-0.39, 0.29) is 6.04 Å². The molecule has 2 unspecified atom stereocenters. The lowest BCUT2D eigenvalue weighted by Gasteiger charge is -2.17. The Morgan fingerprint density at radius 1 is 1.33 bits per heavy atom. The molecule has 0 bridgehead atoms. The summed E-state index contributed by atoms with van der Waals surface area (Å²) >= 11 is 0. The van der Waals surface area contributed by atoms with Gasteiger partial charge in [-0.3, -0.25) is 10.1 Å². The first-order valence-corrected chi connectivity index (χ1v) is 5.86. The van der Waals surface area contributed by atoms with Crippen LogP contribution in [0.15, 0.2) is 18.2 Å². The van der Waals surface area contributed by atoms with E-state index >= 15 is 0 Å². The number of carbonyl (C=O) groups is 1. The number of carboxylic acids is 1. The Bertz CT molecular complexity index is 447. The van der Waals surface area contributed by atoms with E-state index in [2.05, 4.69) is 5.32 Å². The van der Waals surface area contributed by atoms with E-state index in [0.717, 1.165) is 23.5 Å². The molecule has 18 heavy (non-hydrogen) atoms. The highest BCUT2D eigenvalue weighted by atomic mass is 16.5. The first-order valence-electron chi connectivity index (χ1n) is 5.86. The molecule has 2 rings (SSSR count). The average molecular weight is 251 g/mol. The van der Waals surface area contributed by atoms with Crippen LogP contribution in [-0.4, -0.2) is 31.3 Å². The summed E-state index contributed by atoms with van der Waals surface area (Å²) in [6.45, 7) is 0. The Kier molecular flexibility index (Phi) is 3.72. The van der Waals surface area contributed by atoms with E-state index in [1.165, 1.54) is 0 Å². The Morgan fingerprint density at radius 3 is 2.67 bits per heavy atom. The normalized spacial score (nSPS) is 22.8. The second-order valence-electron chi connectivity index (χ2n) is 4.30. The maximum Gasteiger partial charge on any atom is 0.320 e. The number of carboxylic acid groups (broad SMARTS) is 1. The van der Waals surface area contributed by atoms with Crippen molar-refractivity contribution >= 4 is 5.97 Å². The number of aliphatic carboxylic acids is 1. The summed E-state index contributed by atoms with van der Waals surface area (Å²) in [6, 6.07) is 5.07. The van der Waals surface area contributed by atoms with Crippen LogP contribution in [0.1, 0.15) is 24.4 Å². The zero-order valence-electron chi connectivity index (χ0n) is 10.5. The van der Waals surface area contributed by atoms with Gasteiger partial charge in [0.15, 0.2) is 0 Å². The lowest BCUT2D eigenvalue weighted by atomic mass is 10.0. The van der Waals surface area contributed by atoms with Crippen LogP contribution in [0.25, 0.3) is 0 Å². The van der Waals surface area contributed by atoms with Crippen molar-refractivity contribution in [3.8, 4) is 11.5 Å². The molecule has 2 N–H and O–H groups in total. The summed E-state index contributed by atoms with van der Waals surface area (Å²) < 4.78 is 10.5. The highest BCUT2D eigenvalue weighted by Gasteiger charge is 2.31. The third kappa shape index (κ3) is 2.41. The molecule has 98 valence electrons. The van der Waals surface area contributed by atoms with Gasteiger partial charge in [-0.1, -0.05) is 0 Å². The number of methoxy groups -OCH3 is 2. The van der Waals surface area contributed by atoms with E-state index in [9.17, 15) is 4.79 Å².